The van der Waals surface area contributed by atoms with Gasteiger partial charge in [-0.1, -0.05) is 30.7 Å². The molecule has 0 aliphatic heterocycles. The van der Waals surface area contributed by atoms with E-state index < -0.39 is 6.04 Å². The highest BCUT2D eigenvalue weighted by atomic mass is 35.5. The van der Waals surface area contributed by atoms with Crippen molar-refractivity contribution >= 4 is 30.0 Å². The summed E-state index contributed by atoms with van der Waals surface area (Å²) in [6.07, 6.45) is 0. The van der Waals surface area contributed by atoms with Gasteiger partial charge in [-0.05, 0) is 31.2 Å². The Labute approximate surface area is 113 Å². The molecule has 0 bridgehead atoms. The lowest BCUT2D eigenvalue weighted by Gasteiger charge is -2.16. The number of ether oxygens (including phenoxy) is 1. The highest BCUT2D eigenvalue weighted by Crippen LogP contribution is 2.17. The first kappa shape index (κ1) is 16.2. The minimum Gasteiger partial charge on any atom is -0.465 e. The third-order valence-corrected chi connectivity index (χ3v) is 2.39. The quantitative estimate of drug-likeness (QED) is 0.841. The molecule has 0 spiro atoms. The summed E-state index contributed by atoms with van der Waals surface area (Å²) in [5, 5.41) is 3.74. The fraction of sp³-hybridized carbons (Fsp3) is 0.417. The third kappa shape index (κ3) is 4.94. The normalized spacial score (nSPS) is 11.5. The number of esters is 1. The Morgan fingerprint density at radius 2 is 1.94 bits per heavy atom. The van der Waals surface area contributed by atoms with Crippen LogP contribution < -0.4 is 5.32 Å². The minimum absolute atomic E-state index is 0. The van der Waals surface area contributed by atoms with Crippen molar-refractivity contribution in [3.63, 3.8) is 0 Å². The number of benzene rings is 1. The fourth-order valence-corrected chi connectivity index (χ4v) is 1.55. The van der Waals surface area contributed by atoms with E-state index in [-0.39, 0.29) is 18.4 Å². The maximum atomic E-state index is 11.7. The molecular weight excluding hydrogens is 261 g/mol. The van der Waals surface area contributed by atoms with Gasteiger partial charge in [0.05, 0.1) is 6.61 Å². The molecule has 1 aromatic rings. The van der Waals surface area contributed by atoms with E-state index in [0.29, 0.717) is 18.2 Å². The van der Waals surface area contributed by atoms with Gasteiger partial charge in [-0.2, -0.15) is 0 Å². The lowest BCUT2D eigenvalue weighted by Crippen LogP contribution is -2.30. The van der Waals surface area contributed by atoms with Gasteiger partial charge in [-0.15, -0.1) is 12.4 Å². The van der Waals surface area contributed by atoms with E-state index in [1.165, 1.54) is 0 Å². The summed E-state index contributed by atoms with van der Waals surface area (Å²) in [4.78, 5) is 11.7. The summed E-state index contributed by atoms with van der Waals surface area (Å²) in [5.74, 6) is -0.258. The lowest BCUT2D eigenvalue weighted by atomic mass is 10.1. The average Bonchev–Trinajstić information content (AvgIpc) is 2.28. The van der Waals surface area contributed by atoms with Gasteiger partial charge < -0.3 is 10.1 Å². The van der Waals surface area contributed by atoms with Crippen LogP contribution in [0.5, 0.6) is 0 Å². The summed E-state index contributed by atoms with van der Waals surface area (Å²) in [6.45, 7) is 4.82. The molecule has 17 heavy (non-hydrogen) atoms. The molecule has 0 aromatic heterocycles. The topological polar surface area (TPSA) is 38.3 Å². The number of carbonyl (C=O) groups excluding carboxylic acids is 1. The van der Waals surface area contributed by atoms with Crippen LogP contribution in [-0.2, 0) is 9.53 Å². The first-order valence-corrected chi connectivity index (χ1v) is 5.72. The SMILES string of the molecule is CCNC(C(=O)OCC)c1ccc(Cl)cc1.Cl. The molecule has 0 aliphatic rings. The summed E-state index contributed by atoms with van der Waals surface area (Å²) in [5.41, 5.74) is 0.865. The van der Waals surface area contributed by atoms with Gasteiger partial charge in [0.25, 0.3) is 0 Å². The highest BCUT2D eigenvalue weighted by molar-refractivity contribution is 6.30. The molecule has 1 aromatic carbocycles. The zero-order valence-corrected chi connectivity index (χ0v) is 11.5. The highest BCUT2D eigenvalue weighted by Gasteiger charge is 2.20. The molecule has 0 amide bonds. The largest absolute Gasteiger partial charge is 0.465 e. The molecule has 0 saturated heterocycles. The molecule has 0 radical (unpaired) electrons. The van der Waals surface area contributed by atoms with Gasteiger partial charge in [0.1, 0.15) is 6.04 Å². The molecule has 0 heterocycles. The van der Waals surface area contributed by atoms with Crippen molar-refractivity contribution in [3.05, 3.63) is 34.9 Å². The van der Waals surface area contributed by atoms with E-state index in [1.54, 1.807) is 19.1 Å². The van der Waals surface area contributed by atoms with Crippen molar-refractivity contribution in [1.82, 2.24) is 5.32 Å². The van der Waals surface area contributed by atoms with E-state index in [9.17, 15) is 4.79 Å². The smallest absolute Gasteiger partial charge is 0.327 e. The Bertz CT molecular complexity index is 341. The number of hydrogen-bond donors (Lipinski definition) is 1. The number of carbonyl (C=O) groups is 1. The molecule has 0 saturated carbocycles. The number of likely N-dealkylation sites (N-methyl/N-ethyl adjacent to an activating group) is 1. The maximum absolute atomic E-state index is 11.7. The first-order valence-electron chi connectivity index (χ1n) is 5.34. The van der Waals surface area contributed by atoms with E-state index in [2.05, 4.69) is 5.32 Å². The Kier molecular flexibility index (Phi) is 7.96. The van der Waals surface area contributed by atoms with Crippen molar-refractivity contribution in [2.45, 2.75) is 19.9 Å². The Hall–Kier alpha value is -0.770. The van der Waals surface area contributed by atoms with Gasteiger partial charge in [-0.25, -0.2) is 4.79 Å². The molecular formula is C12H17Cl2NO2. The van der Waals surface area contributed by atoms with Crippen LogP contribution in [0.2, 0.25) is 5.02 Å². The third-order valence-electron chi connectivity index (χ3n) is 2.13. The summed E-state index contributed by atoms with van der Waals surface area (Å²) in [7, 11) is 0. The molecule has 3 nitrogen and oxygen atoms in total. The molecule has 1 unspecified atom stereocenters. The molecule has 1 rings (SSSR count). The Morgan fingerprint density at radius 3 is 2.41 bits per heavy atom. The summed E-state index contributed by atoms with van der Waals surface area (Å²) >= 11 is 5.80. The second-order valence-corrected chi connectivity index (χ2v) is 3.73. The first-order chi connectivity index (χ1) is 7.69. The van der Waals surface area contributed by atoms with Gasteiger partial charge in [0, 0.05) is 5.02 Å². The van der Waals surface area contributed by atoms with Crippen LogP contribution in [0.25, 0.3) is 0 Å². The zero-order chi connectivity index (χ0) is 12.0. The second-order valence-electron chi connectivity index (χ2n) is 3.29. The molecule has 5 heteroatoms. The van der Waals surface area contributed by atoms with Crippen molar-refractivity contribution in [3.8, 4) is 0 Å². The zero-order valence-electron chi connectivity index (χ0n) is 9.90. The lowest BCUT2D eigenvalue weighted by molar-refractivity contribution is -0.145. The predicted octanol–water partition coefficient (Wildman–Crippen LogP) is 2.98. The van der Waals surface area contributed by atoms with Gasteiger partial charge >= 0.3 is 5.97 Å². The fourth-order valence-electron chi connectivity index (χ4n) is 1.42. The summed E-state index contributed by atoms with van der Waals surface area (Å²) in [6, 6.07) is 6.77. The van der Waals surface area contributed by atoms with Crippen LogP contribution in [0.4, 0.5) is 0 Å². The summed E-state index contributed by atoms with van der Waals surface area (Å²) < 4.78 is 5.01. The van der Waals surface area contributed by atoms with E-state index >= 15 is 0 Å². The number of halogens is 2. The molecule has 0 fully saturated rings. The van der Waals surface area contributed by atoms with Crippen molar-refractivity contribution in [2.75, 3.05) is 13.2 Å². The van der Waals surface area contributed by atoms with Crippen LogP contribution in [0.1, 0.15) is 25.5 Å². The maximum Gasteiger partial charge on any atom is 0.327 e. The van der Waals surface area contributed by atoms with Gasteiger partial charge in [-0.3, -0.25) is 0 Å². The molecule has 0 aliphatic carbocycles. The van der Waals surface area contributed by atoms with Crippen molar-refractivity contribution in [2.24, 2.45) is 0 Å². The second kappa shape index (κ2) is 8.34. The van der Waals surface area contributed by atoms with E-state index in [1.807, 2.05) is 19.1 Å². The predicted molar refractivity (Wildman–Crippen MR) is 71.8 cm³/mol. The Balaban J connectivity index is 0.00000256. The number of rotatable bonds is 5. The van der Waals surface area contributed by atoms with Crippen LogP contribution in [-0.4, -0.2) is 19.1 Å². The molecule has 1 N–H and O–H groups in total. The van der Waals surface area contributed by atoms with E-state index in [4.69, 9.17) is 16.3 Å². The van der Waals surface area contributed by atoms with Crippen LogP contribution in [0, 0.1) is 0 Å². The van der Waals surface area contributed by atoms with Crippen molar-refractivity contribution < 1.29 is 9.53 Å². The van der Waals surface area contributed by atoms with Gasteiger partial charge in [0.15, 0.2) is 0 Å². The monoisotopic (exact) mass is 277 g/mol. The standard InChI is InChI=1S/C12H16ClNO2.ClH/c1-3-14-11(12(15)16-4-2)9-5-7-10(13)8-6-9;/h5-8,11,14H,3-4H2,1-2H3;1H. The molecule has 96 valence electrons. The van der Waals surface area contributed by atoms with Gasteiger partial charge in [0.2, 0.25) is 0 Å². The van der Waals surface area contributed by atoms with Crippen LogP contribution in [0.3, 0.4) is 0 Å². The molecule has 1 atom stereocenters. The number of hydrogen-bond acceptors (Lipinski definition) is 3. The van der Waals surface area contributed by atoms with Crippen LogP contribution >= 0.6 is 24.0 Å². The Morgan fingerprint density at radius 1 is 1.35 bits per heavy atom. The van der Waals surface area contributed by atoms with Crippen LogP contribution in [0.15, 0.2) is 24.3 Å². The average molecular weight is 278 g/mol. The number of nitrogens with one attached hydrogen (secondary N) is 1. The van der Waals surface area contributed by atoms with E-state index in [0.717, 1.165) is 5.56 Å². The van der Waals surface area contributed by atoms with Crippen molar-refractivity contribution in [1.29, 1.82) is 0 Å². The minimum atomic E-state index is -0.415.